The summed E-state index contributed by atoms with van der Waals surface area (Å²) in [5.41, 5.74) is 1.05. The van der Waals surface area contributed by atoms with Gasteiger partial charge in [0.05, 0.1) is 10.6 Å². The molecule has 2 N–H and O–H groups in total. The Kier molecular flexibility index (Phi) is 3.37. The summed E-state index contributed by atoms with van der Waals surface area (Å²) in [5, 5.41) is 12.7. The number of anilines is 1. The van der Waals surface area contributed by atoms with Crippen LogP contribution in [-0.2, 0) is 0 Å². The molecule has 1 heterocycles. The lowest BCUT2D eigenvalue weighted by Crippen LogP contribution is -2.27. The second-order valence-corrected chi connectivity index (χ2v) is 5.76. The van der Waals surface area contributed by atoms with Crippen LogP contribution < -0.4 is 5.32 Å². The third-order valence-electron chi connectivity index (χ3n) is 3.85. The number of rotatable bonds is 4. The van der Waals surface area contributed by atoms with E-state index in [1.54, 1.807) is 18.2 Å². The first-order valence-corrected chi connectivity index (χ1v) is 7.05. The fourth-order valence-electron chi connectivity index (χ4n) is 2.69. The lowest BCUT2D eigenvalue weighted by molar-refractivity contribution is 0.0697. The van der Waals surface area contributed by atoms with Crippen LogP contribution in [0.2, 0.25) is 5.02 Å². The highest BCUT2D eigenvalue weighted by molar-refractivity contribution is 6.33. The Morgan fingerprint density at radius 1 is 1.37 bits per heavy atom. The molecule has 2 aliphatic rings. The Morgan fingerprint density at radius 3 is 2.79 bits per heavy atom. The van der Waals surface area contributed by atoms with Crippen molar-refractivity contribution >= 4 is 23.3 Å². The number of nitrogens with one attached hydrogen (secondary N) is 1. The predicted molar refractivity (Wildman–Crippen MR) is 75.0 cm³/mol. The van der Waals surface area contributed by atoms with E-state index in [0.29, 0.717) is 6.04 Å². The van der Waals surface area contributed by atoms with Gasteiger partial charge in [-0.05, 0) is 37.5 Å². The molecule has 2 fully saturated rings. The van der Waals surface area contributed by atoms with E-state index in [-0.39, 0.29) is 10.6 Å². The minimum absolute atomic E-state index is 0.151. The number of carboxylic acids is 1. The summed E-state index contributed by atoms with van der Waals surface area (Å²) in [4.78, 5) is 13.4. The van der Waals surface area contributed by atoms with Gasteiger partial charge in [0, 0.05) is 30.9 Å². The summed E-state index contributed by atoms with van der Waals surface area (Å²) in [5.74, 6) is -0.989. The number of hydrogen-bond acceptors (Lipinski definition) is 3. The number of carbonyl (C=O) groups is 1. The summed E-state index contributed by atoms with van der Waals surface area (Å²) in [7, 11) is 0. The summed E-state index contributed by atoms with van der Waals surface area (Å²) in [6, 6.07) is 6.29. The Balaban J connectivity index is 1.63. The zero-order chi connectivity index (χ0) is 13.4. The molecule has 0 bridgehead atoms. The van der Waals surface area contributed by atoms with Crippen LogP contribution in [0.25, 0.3) is 0 Å². The number of aromatic carboxylic acids is 1. The lowest BCUT2D eigenvalue weighted by Gasteiger charge is -2.17. The summed E-state index contributed by atoms with van der Waals surface area (Å²) < 4.78 is 0. The van der Waals surface area contributed by atoms with Crippen molar-refractivity contribution in [1.29, 1.82) is 0 Å². The number of benzene rings is 1. The molecule has 1 atom stereocenters. The Bertz CT molecular complexity index is 502. The third-order valence-corrected chi connectivity index (χ3v) is 4.17. The van der Waals surface area contributed by atoms with E-state index in [4.69, 9.17) is 16.7 Å². The molecule has 5 heteroatoms. The summed E-state index contributed by atoms with van der Waals surface area (Å²) in [6.07, 6.45) is 3.81. The molecular formula is C14H17ClN2O2. The quantitative estimate of drug-likeness (QED) is 0.890. The predicted octanol–water partition coefficient (Wildman–Crippen LogP) is 2.69. The SMILES string of the molecule is O=C(O)c1ccc(NC2CCN(C3CC3)C2)cc1Cl. The molecule has 1 aromatic rings. The molecule has 1 aliphatic heterocycles. The van der Waals surface area contributed by atoms with Crippen molar-refractivity contribution in [2.24, 2.45) is 0 Å². The van der Waals surface area contributed by atoms with Crippen LogP contribution in [0.1, 0.15) is 29.6 Å². The van der Waals surface area contributed by atoms with Gasteiger partial charge < -0.3 is 10.4 Å². The largest absolute Gasteiger partial charge is 0.478 e. The van der Waals surface area contributed by atoms with Crippen molar-refractivity contribution < 1.29 is 9.90 Å². The molecule has 102 valence electrons. The van der Waals surface area contributed by atoms with E-state index in [1.807, 2.05) is 0 Å². The first-order chi connectivity index (χ1) is 9.13. The van der Waals surface area contributed by atoms with Crippen LogP contribution in [0.4, 0.5) is 5.69 Å². The zero-order valence-corrected chi connectivity index (χ0v) is 11.4. The molecule has 1 aromatic carbocycles. The number of hydrogen-bond donors (Lipinski definition) is 2. The van der Waals surface area contributed by atoms with E-state index >= 15 is 0 Å². The highest BCUT2D eigenvalue weighted by Gasteiger charge is 2.34. The van der Waals surface area contributed by atoms with Crippen molar-refractivity contribution in [2.75, 3.05) is 18.4 Å². The fourth-order valence-corrected chi connectivity index (χ4v) is 2.95. The molecule has 3 rings (SSSR count). The van der Waals surface area contributed by atoms with Gasteiger partial charge >= 0.3 is 5.97 Å². The maximum Gasteiger partial charge on any atom is 0.337 e. The Hall–Kier alpha value is -1.26. The summed E-state index contributed by atoms with van der Waals surface area (Å²) in [6.45, 7) is 2.23. The molecule has 0 spiro atoms. The molecule has 19 heavy (non-hydrogen) atoms. The Labute approximate surface area is 117 Å². The molecule has 0 amide bonds. The smallest absolute Gasteiger partial charge is 0.337 e. The maximum atomic E-state index is 10.9. The number of carboxylic acid groups (broad SMARTS) is 1. The topological polar surface area (TPSA) is 52.6 Å². The monoisotopic (exact) mass is 280 g/mol. The fraction of sp³-hybridized carbons (Fsp3) is 0.500. The van der Waals surface area contributed by atoms with E-state index in [9.17, 15) is 4.79 Å². The van der Waals surface area contributed by atoms with Crippen molar-refractivity contribution in [1.82, 2.24) is 4.90 Å². The Morgan fingerprint density at radius 2 is 2.16 bits per heavy atom. The molecule has 1 saturated heterocycles. The highest BCUT2D eigenvalue weighted by Crippen LogP contribution is 2.31. The van der Waals surface area contributed by atoms with Gasteiger partial charge in [-0.15, -0.1) is 0 Å². The normalized spacial score (nSPS) is 23.5. The molecule has 4 nitrogen and oxygen atoms in total. The highest BCUT2D eigenvalue weighted by atomic mass is 35.5. The van der Waals surface area contributed by atoms with Gasteiger partial charge in [-0.1, -0.05) is 11.6 Å². The first-order valence-electron chi connectivity index (χ1n) is 6.67. The van der Waals surface area contributed by atoms with Gasteiger partial charge in [-0.3, -0.25) is 4.90 Å². The number of likely N-dealkylation sites (tertiary alicyclic amines) is 1. The minimum Gasteiger partial charge on any atom is -0.478 e. The molecule has 1 saturated carbocycles. The van der Waals surface area contributed by atoms with E-state index in [2.05, 4.69) is 10.2 Å². The lowest BCUT2D eigenvalue weighted by atomic mass is 10.2. The van der Waals surface area contributed by atoms with Gasteiger partial charge in [-0.2, -0.15) is 0 Å². The first kappa shape index (κ1) is 12.8. The van der Waals surface area contributed by atoms with E-state index < -0.39 is 5.97 Å². The van der Waals surface area contributed by atoms with Crippen molar-refractivity contribution in [3.8, 4) is 0 Å². The molecule has 1 aliphatic carbocycles. The van der Waals surface area contributed by atoms with Crippen LogP contribution in [0.3, 0.4) is 0 Å². The van der Waals surface area contributed by atoms with Crippen LogP contribution in [0, 0.1) is 0 Å². The van der Waals surface area contributed by atoms with Crippen LogP contribution in [-0.4, -0.2) is 41.1 Å². The van der Waals surface area contributed by atoms with Gasteiger partial charge in [-0.25, -0.2) is 4.79 Å². The van der Waals surface area contributed by atoms with Gasteiger partial charge in [0.25, 0.3) is 0 Å². The average Bonchev–Trinajstić information content (AvgIpc) is 3.10. The molecule has 0 radical (unpaired) electrons. The molecule has 1 unspecified atom stereocenters. The van der Waals surface area contributed by atoms with E-state index in [1.165, 1.54) is 12.8 Å². The van der Waals surface area contributed by atoms with Gasteiger partial charge in [0.1, 0.15) is 0 Å². The standard InChI is InChI=1S/C14H17ClN2O2/c15-13-7-9(1-4-12(13)14(18)19)16-10-5-6-17(8-10)11-2-3-11/h1,4,7,10-11,16H,2-3,5-6,8H2,(H,18,19). The van der Waals surface area contributed by atoms with Crippen molar-refractivity contribution in [3.05, 3.63) is 28.8 Å². The van der Waals surface area contributed by atoms with Gasteiger partial charge in [0.2, 0.25) is 0 Å². The van der Waals surface area contributed by atoms with Crippen LogP contribution in [0.15, 0.2) is 18.2 Å². The van der Waals surface area contributed by atoms with Crippen LogP contribution in [0.5, 0.6) is 0 Å². The second kappa shape index (κ2) is 5.02. The van der Waals surface area contributed by atoms with Crippen LogP contribution >= 0.6 is 11.6 Å². The molecule has 0 aromatic heterocycles. The van der Waals surface area contributed by atoms with E-state index in [0.717, 1.165) is 31.2 Å². The van der Waals surface area contributed by atoms with Crippen molar-refractivity contribution in [3.63, 3.8) is 0 Å². The minimum atomic E-state index is -0.989. The second-order valence-electron chi connectivity index (χ2n) is 5.36. The van der Waals surface area contributed by atoms with Gasteiger partial charge in [0.15, 0.2) is 0 Å². The maximum absolute atomic E-state index is 10.9. The molecular weight excluding hydrogens is 264 g/mol. The zero-order valence-electron chi connectivity index (χ0n) is 10.6. The summed E-state index contributed by atoms with van der Waals surface area (Å²) >= 11 is 5.97. The number of halogens is 1. The van der Waals surface area contributed by atoms with Crippen molar-refractivity contribution in [2.45, 2.75) is 31.3 Å². The average molecular weight is 281 g/mol. The third kappa shape index (κ3) is 2.85. The number of nitrogens with zero attached hydrogens (tertiary/aromatic N) is 1.